The first-order valence-electron chi connectivity index (χ1n) is 12.0. The molecular formula is C29H29N5O. The van der Waals surface area contributed by atoms with Crippen molar-refractivity contribution < 1.29 is 4.79 Å². The Labute approximate surface area is 205 Å². The highest BCUT2D eigenvalue weighted by Crippen LogP contribution is 2.28. The number of hydrogen-bond donors (Lipinski definition) is 2. The normalized spacial score (nSPS) is 13.6. The van der Waals surface area contributed by atoms with Crippen LogP contribution in [-0.2, 0) is 19.4 Å². The lowest BCUT2D eigenvalue weighted by Crippen LogP contribution is -2.34. The molecule has 0 radical (unpaired) electrons. The van der Waals surface area contributed by atoms with Gasteiger partial charge in [0.1, 0.15) is 5.82 Å². The number of fused-ring (bicyclic) bond motifs is 1. The Kier molecular flexibility index (Phi) is 6.55. The lowest BCUT2D eigenvalue weighted by Gasteiger charge is -2.27. The summed E-state index contributed by atoms with van der Waals surface area (Å²) in [5.74, 6) is 0.614. The lowest BCUT2D eigenvalue weighted by atomic mass is 9.96. The molecule has 0 aliphatic carbocycles. The van der Waals surface area contributed by atoms with Gasteiger partial charge in [0.05, 0.1) is 5.69 Å². The third-order valence-corrected chi connectivity index (χ3v) is 6.66. The third-order valence-electron chi connectivity index (χ3n) is 6.66. The van der Waals surface area contributed by atoms with Gasteiger partial charge in [-0.25, -0.2) is 4.98 Å². The Morgan fingerprint density at radius 2 is 1.71 bits per heavy atom. The highest BCUT2D eigenvalue weighted by molar-refractivity contribution is 5.95. The molecule has 0 saturated carbocycles. The number of carbonyl (C=O) groups is 1. The summed E-state index contributed by atoms with van der Waals surface area (Å²) in [5.41, 5.74) is 18.2. The van der Waals surface area contributed by atoms with Gasteiger partial charge in [0, 0.05) is 43.0 Å². The Balaban J connectivity index is 1.21. The summed E-state index contributed by atoms with van der Waals surface area (Å²) >= 11 is 0. The average molecular weight is 464 g/mol. The number of anilines is 1. The predicted molar refractivity (Wildman–Crippen MR) is 141 cm³/mol. The first-order valence-corrected chi connectivity index (χ1v) is 12.0. The Morgan fingerprint density at radius 1 is 0.914 bits per heavy atom. The first kappa shape index (κ1) is 22.7. The van der Waals surface area contributed by atoms with E-state index in [9.17, 15) is 4.79 Å². The fraction of sp³-hybridized carbons (Fsp3) is 0.207. The number of nitrogen functional groups attached to an aromatic ring is 1. The van der Waals surface area contributed by atoms with Crippen molar-refractivity contribution in [1.29, 1.82) is 0 Å². The molecule has 0 unspecified atom stereocenters. The van der Waals surface area contributed by atoms with Crippen molar-refractivity contribution in [3.63, 3.8) is 0 Å². The van der Waals surface area contributed by atoms with Crippen LogP contribution in [0.4, 0.5) is 5.82 Å². The third kappa shape index (κ3) is 5.08. The summed E-state index contributed by atoms with van der Waals surface area (Å²) in [6.45, 7) is 1.74. The molecule has 2 aromatic carbocycles. The molecule has 0 atom stereocenters. The maximum absolute atomic E-state index is 13.1. The van der Waals surface area contributed by atoms with Crippen molar-refractivity contribution in [2.45, 2.75) is 25.8 Å². The summed E-state index contributed by atoms with van der Waals surface area (Å²) in [4.78, 5) is 23.4. The number of rotatable bonds is 6. The van der Waals surface area contributed by atoms with Crippen molar-refractivity contribution in [2.75, 3.05) is 18.8 Å². The van der Waals surface area contributed by atoms with E-state index in [1.54, 1.807) is 6.20 Å². The van der Waals surface area contributed by atoms with Gasteiger partial charge in [-0.2, -0.15) is 0 Å². The Hall–Kier alpha value is -4.03. The molecule has 2 aromatic heterocycles. The van der Waals surface area contributed by atoms with E-state index >= 15 is 0 Å². The van der Waals surface area contributed by atoms with Gasteiger partial charge in [-0.05, 0) is 83.3 Å². The summed E-state index contributed by atoms with van der Waals surface area (Å²) in [5, 5.41) is 2.05. The fourth-order valence-corrected chi connectivity index (χ4v) is 4.59. The molecule has 0 bridgehead atoms. The van der Waals surface area contributed by atoms with Gasteiger partial charge in [0.15, 0.2) is 0 Å². The van der Waals surface area contributed by atoms with Crippen LogP contribution in [0.5, 0.6) is 0 Å². The topological polar surface area (TPSA) is 98.1 Å². The number of benzene rings is 2. The average Bonchev–Trinajstić information content (AvgIpc) is 2.92. The zero-order chi connectivity index (χ0) is 24.2. The monoisotopic (exact) mass is 463 g/mol. The number of amides is 1. The summed E-state index contributed by atoms with van der Waals surface area (Å²) in [6.07, 6.45) is 8.32. The molecule has 4 N–H and O–H groups in total. The first-order chi connectivity index (χ1) is 17.1. The molecule has 0 spiro atoms. The smallest absolute Gasteiger partial charge is 0.254 e. The second-order valence-electron chi connectivity index (χ2n) is 8.92. The molecular weight excluding hydrogens is 434 g/mol. The van der Waals surface area contributed by atoms with E-state index in [1.165, 1.54) is 16.7 Å². The SMILES string of the molecule is NCc1cc(CCc2ccc(C(=O)N3CC=C(c4ccc5ccnc(N)c5c4)CC3)cc2)ccn1. The molecule has 4 aromatic rings. The zero-order valence-corrected chi connectivity index (χ0v) is 19.7. The van der Waals surface area contributed by atoms with E-state index in [0.717, 1.165) is 46.9 Å². The van der Waals surface area contributed by atoms with Crippen LogP contribution in [-0.4, -0.2) is 33.9 Å². The second-order valence-corrected chi connectivity index (χ2v) is 8.92. The van der Waals surface area contributed by atoms with Crippen LogP contribution in [0.15, 0.2) is 79.1 Å². The zero-order valence-electron chi connectivity index (χ0n) is 19.7. The van der Waals surface area contributed by atoms with Crippen LogP contribution >= 0.6 is 0 Å². The van der Waals surface area contributed by atoms with Crippen molar-refractivity contribution in [1.82, 2.24) is 14.9 Å². The van der Waals surface area contributed by atoms with Gasteiger partial charge in [-0.1, -0.05) is 30.3 Å². The van der Waals surface area contributed by atoms with Crippen molar-refractivity contribution >= 4 is 28.1 Å². The summed E-state index contributed by atoms with van der Waals surface area (Å²) < 4.78 is 0. The minimum absolute atomic E-state index is 0.0699. The number of nitrogens with zero attached hydrogens (tertiary/aromatic N) is 3. The lowest BCUT2D eigenvalue weighted by molar-refractivity contribution is 0.0773. The van der Waals surface area contributed by atoms with Crippen LogP contribution in [0.3, 0.4) is 0 Å². The molecule has 176 valence electrons. The Bertz CT molecular complexity index is 1390. The van der Waals surface area contributed by atoms with Gasteiger partial charge in [-0.3, -0.25) is 9.78 Å². The van der Waals surface area contributed by atoms with Crippen molar-refractivity contribution in [3.05, 3.63) is 107 Å². The minimum atomic E-state index is 0.0699. The molecule has 0 fully saturated rings. The second kappa shape index (κ2) is 10.1. The summed E-state index contributed by atoms with van der Waals surface area (Å²) in [6, 6.07) is 20.3. The highest BCUT2D eigenvalue weighted by atomic mass is 16.2. The van der Waals surface area contributed by atoms with Crippen LogP contribution in [0.1, 0.15) is 39.2 Å². The van der Waals surface area contributed by atoms with Crippen LogP contribution in [0, 0.1) is 0 Å². The van der Waals surface area contributed by atoms with E-state index in [2.05, 4.69) is 52.4 Å². The molecule has 3 heterocycles. The molecule has 6 heteroatoms. The van der Waals surface area contributed by atoms with Crippen molar-refractivity contribution in [2.24, 2.45) is 5.73 Å². The van der Waals surface area contributed by atoms with E-state index < -0.39 is 0 Å². The number of aryl methyl sites for hydroxylation is 2. The molecule has 1 aliphatic rings. The van der Waals surface area contributed by atoms with Gasteiger partial charge in [0.25, 0.3) is 5.91 Å². The number of hydrogen-bond acceptors (Lipinski definition) is 5. The summed E-state index contributed by atoms with van der Waals surface area (Å²) in [7, 11) is 0. The predicted octanol–water partition coefficient (Wildman–Crippen LogP) is 4.39. The molecule has 1 aliphatic heterocycles. The largest absolute Gasteiger partial charge is 0.383 e. The van der Waals surface area contributed by atoms with Gasteiger partial charge < -0.3 is 16.4 Å². The van der Waals surface area contributed by atoms with Crippen LogP contribution in [0.25, 0.3) is 16.3 Å². The fourth-order valence-electron chi connectivity index (χ4n) is 4.59. The van der Waals surface area contributed by atoms with E-state index in [4.69, 9.17) is 11.5 Å². The number of aromatic nitrogens is 2. The Morgan fingerprint density at radius 3 is 2.49 bits per heavy atom. The van der Waals surface area contributed by atoms with Gasteiger partial charge in [-0.15, -0.1) is 0 Å². The molecule has 6 nitrogen and oxygen atoms in total. The highest BCUT2D eigenvalue weighted by Gasteiger charge is 2.19. The van der Waals surface area contributed by atoms with Crippen LogP contribution in [0.2, 0.25) is 0 Å². The van der Waals surface area contributed by atoms with E-state index in [0.29, 0.717) is 25.5 Å². The number of carbonyl (C=O) groups excluding carboxylic acids is 1. The minimum Gasteiger partial charge on any atom is -0.383 e. The van der Waals surface area contributed by atoms with E-state index in [1.807, 2.05) is 35.4 Å². The van der Waals surface area contributed by atoms with Crippen LogP contribution < -0.4 is 11.5 Å². The van der Waals surface area contributed by atoms with Gasteiger partial charge >= 0.3 is 0 Å². The number of pyridine rings is 2. The molecule has 0 saturated heterocycles. The van der Waals surface area contributed by atoms with Crippen molar-refractivity contribution in [3.8, 4) is 0 Å². The molecule has 5 rings (SSSR count). The maximum atomic E-state index is 13.1. The standard InChI is InChI=1S/C29H29N5O/c30-19-26-17-21(9-13-32-26)2-1-20-3-5-24(6-4-20)29(35)34-15-11-22(12-16-34)25-8-7-23-10-14-33-28(31)27(23)18-25/h3-11,13-14,17-18H,1-2,12,15-16,19,30H2,(H2,31,33). The maximum Gasteiger partial charge on any atom is 0.254 e. The molecule has 35 heavy (non-hydrogen) atoms. The molecule has 1 amide bonds. The number of nitrogens with two attached hydrogens (primary N) is 2. The van der Waals surface area contributed by atoms with E-state index in [-0.39, 0.29) is 5.91 Å². The quantitative estimate of drug-likeness (QED) is 0.442. The van der Waals surface area contributed by atoms with Gasteiger partial charge in [0.2, 0.25) is 0 Å².